The van der Waals surface area contributed by atoms with E-state index in [0.717, 1.165) is 19.3 Å². The maximum Gasteiger partial charge on any atom is 0.354 e. The zero-order valence-corrected chi connectivity index (χ0v) is 10.5. The van der Waals surface area contributed by atoms with E-state index < -0.39 is 5.97 Å². The van der Waals surface area contributed by atoms with Crippen molar-refractivity contribution in [3.8, 4) is 0 Å². The van der Waals surface area contributed by atoms with Gasteiger partial charge in [0.15, 0.2) is 0 Å². The Hall–Kier alpha value is -1.95. The number of carboxylic acids is 1. The van der Waals surface area contributed by atoms with Crippen LogP contribution < -0.4 is 11.1 Å². The lowest BCUT2D eigenvalue weighted by Crippen LogP contribution is -2.34. The average Bonchev–Trinajstić information content (AvgIpc) is 2.39. The van der Waals surface area contributed by atoms with Gasteiger partial charge in [0.05, 0.1) is 11.9 Å². The molecule has 4 N–H and O–H groups in total. The Labute approximate surface area is 111 Å². The molecular weight excluding hydrogens is 246 g/mol. The number of anilines is 1. The SMILES string of the molecule is NC1CCCC(C(=O)Nc2ccc(C(=O)O)nc2)C1. The fourth-order valence-electron chi connectivity index (χ4n) is 2.30. The summed E-state index contributed by atoms with van der Waals surface area (Å²) < 4.78 is 0. The average molecular weight is 263 g/mol. The summed E-state index contributed by atoms with van der Waals surface area (Å²) in [6.45, 7) is 0. The van der Waals surface area contributed by atoms with Crippen molar-refractivity contribution in [1.29, 1.82) is 0 Å². The van der Waals surface area contributed by atoms with Gasteiger partial charge in [-0.3, -0.25) is 4.79 Å². The van der Waals surface area contributed by atoms with Gasteiger partial charge in [-0.25, -0.2) is 9.78 Å². The van der Waals surface area contributed by atoms with Crippen LogP contribution in [0.4, 0.5) is 5.69 Å². The minimum Gasteiger partial charge on any atom is -0.477 e. The summed E-state index contributed by atoms with van der Waals surface area (Å²) in [5, 5.41) is 11.5. The number of pyridine rings is 1. The largest absolute Gasteiger partial charge is 0.477 e. The first-order chi connectivity index (χ1) is 9.06. The molecule has 0 bridgehead atoms. The lowest BCUT2D eigenvalue weighted by Gasteiger charge is -2.25. The predicted molar refractivity (Wildman–Crippen MR) is 69.8 cm³/mol. The number of aromatic nitrogens is 1. The minimum atomic E-state index is -1.09. The minimum absolute atomic E-state index is 0.0438. The van der Waals surface area contributed by atoms with E-state index >= 15 is 0 Å². The van der Waals surface area contributed by atoms with Crippen LogP contribution >= 0.6 is 0 Å². The zero-order valence-electron chi connectivity index (χ0n) is 10.5. The Morgan fingerprint density at radius 3 is 2.74 bits per heavy atom. The highest BCUT2D eigenvalue weighted by molar-refractivity contribution is 5.93. The molecule has 102 valence electrons. The van der Waals surface area contributed by atoms with Crippen LogP contribution in [0, 0.1) is 5.92 Å². The summed E-state index contributed by atoms with van der Waals surface area (Å²) in [4.78, 5) is 26.4. The van der Waals surface area contributed by atoms with Crippen LogP contribution in [0.3, 0.4) is 0 Å². The normalized spacial score (nSPS) is 22.8. The second kappa shape index (κ2) is 5.79. The van der Waals surface area contributed by atoms with E-state index in [1.807, 2.05) is 0 Å². The van der Waals surface area contributed by atoms with Gasteiger partial charge in [-0.1, -0.05) is 6.42 Å². The molecule has 19 heavy (non-hydrogen) atoms. The van der Waals surface area contributed by atoms with Crippen molar-refractivity contribution >= 4 is 17.6 Å². The highest BCUT2D eigenvalue weighted by Gasteiger charge is 2.25. The Bertz CT molecular complexity index is 473. The standard InChI is InChI=1S/C13H17N3O3/c14-9-3-1-2-8(6-9)12(17)16-10-4-5-11(13(18)19)15-7-10/h4-5,7-9H,1-3,6,14H2,(H,16,17)(H,18,19). The van der Waals surface area contributed by atoms with Crippen LogP contribution in [0.5, 0.6) is 0 Å². The molecule has 1 aliphatic rings. The maximum atomic E-state index is 12.0. The third-order valence-corrected chi connectivity index (χ3v) is 3.34. The van der Waals surface area contributed by atoms with E-state index in [9.17, 15) is 9.59 Å². The molecule has 1 aromatic rings. The molecule has 0 spiro atoms. The molecule has 0 saturated heterocycles. The Kier molecular flexibility index (Phi) is 4.11. The summed E-state index contributed by atoms with van der Waals surface area (Å²) in [5.41, 5.74) is 6.32. The number of nitrogens with one attached hydrogen (secondary N) is 1. The van der Waals surface area contributed by atoms with Gasteiger partial charge in [-0.2, -0.15) is 0 Å². The molecule has 2 rings (SSSR count). The number of carbonyl (C=O) groups is 2. The third-order valence-electron chi connectivity index (χ3n) is 3.34. The van der Waals surface area contributed by atoms with Crippen LogP contribution in [0.2, 0.25) is 0 Å². The van der Waals surface area contributed by atoms with E-state index in [4.69, 9.17) is 10.8 Å². The van der Waals surface area contributed by atoms with Crippen LogP contribution in [0.15, 0.2) is 18.3 Å². The molecule has 1 fully saturated rings. The smallest absolute Gasteiger partial charge is 0.354 e. The van der Waals surface area contributed by atoms with Crippen molar-refractivity contribution in [3.05, 3.63) is 24.0 Å². The molecule has 1 amide bonds. The maximum absolute atomic E-state index is 12.0. The number of nitrogens with two attached hydrogens (primary N) is 1. The van der Waals surface area contributed by atoms with Crippen molar-refractivity contribution < 1.29 is 14.7 Å². The van der Waals surface area contributed by atoms with Crippen molar-refractivity contribution in [2.45, 2.75) is 31.7 Å². The molecule has 1 aromatic heterocycles. The van der Waals surface area contributed by atoms with Gasteiger partial charge >= 0.3 is 5.97 Å². The third kappa shape index (κ3) is 3.51. The number of carboxylic acid groups (broad SMARTS) is 1. The van der Waals surface area contributed by atoms with Crippen molar-refractivity contribution in [1.82, 2.24) is 4.98 Å². The molecule has 2 unspecified atom stereocenters. The molecule has 1 heterocycles. The van der Waals surface area contributed by atoms with Crippen LogP contribution in [0.1, 0.15) is 36.2 Å². The lowest BCUT2D eigenvalue weighted by molar-refractivity contribution is -0.120. The number of hydrogen-bond donors (Lipinski definition) is 3. The second-order valence-electron chi connectivity index (χ2n) is 4.85. The van der Waals surface area contributed by atoms with Crippen molar-refractivity contribution in [3.63, 3.8) is 0 Å². The topological polar surface area (TPSA) is 105 Å². The predicted octanol–water partition coefficient (Wildman–Crippen LogP) is 1.24. The van der Waals surface area contributed by atoms with E-state index in [-0.39, 0.29) is 23.6 Å². The first kappa shape index (κ1) is 13.5. The number of rotatable bonds is 3. The molecule has 1 saturated carbocycles. The van der Waals surface area contributed by atoms with Gasteiger partial charge in [0.1, 0.15) is 5.69 Å². The Balaban J connectivity index is 1.96. The summed E-state index contributed by atoms with van der Waals surface area (Å²) in [5.74, 6) is -1.22. The fourth-order valence-corrected chi connectivity index (χ4v) is 2.30. The first-order valence-electron chi connectivity index (χ1n) is 6.32. The molecule has 0 aromatic carbocycles. The van der Waals surface area contributed by atoms with E-state index in [0.29, 0.717) is 12.1 Å². The lowest BCUT2D eigenvalue weighted by atomic mass is 9.85. The van der Waals surface area contributed by atoms with Gasteiger partial charge in [-0.15, -0.1) is 0 Å². The molecule has 0 radical (unpaired) electrons. The highest BCUT2D eigenvalue weighted by Crippen LogP contribution is 2.24. The summed E-state index contributed by atoms with van der Waals surface area (Å²) in [6.07, 6.45) is 4.84. The number of nitrogens with zero attached hydrogens (tertiary/aromatic N) is 1. The van der Waals surface area contributed by atoms with Crippen molar-refractivity contribution in [2.75, 3.05) is 5.32 Å². The highest BCUT2D eigenvalue weighted by atomic mass is 16.4. The number of amides is 1. The molecule has 6 heteroatoms. The molecule has 1 aliphatic carbocycles. The number of carbonyl (C=O) groups excluding carboxylic acids is 1. The van der Waals surface area contributed by atoms with Crippen molar-refractivity contribution in [2.24, 2.45) is 11.7 Å². The molecule has 6 nitrogen and oxygen atoms in total. The second-order valence-corrected chi connectivity index (χ2v) is 4.85. The zero-order chi connectivity index (χ0) is 13.8. The summed E-state index contributed by atoms with van der Waals surface area (Å²) in [6, 6.07) is 3.00. The van der Waals surface area contributed by atoms with Gasteiger partial charge < -0.3 is 16.2 Å². The molecule has 2 atom stereocenters. The van der Waals surface area contributed by atoms with Crippen LogP contribution in [-0.4, -0.2) is 28.0 Å². The van der Waals surface area contributed by atoms with Gasteiger partial charge in [0.25, 0.3) is 0 Å². The van der Waals surface area contributed by atoms with E-state index in [2.05, 4.69) is 10.3 Å². The van der Waals surface area contributed by atoms with Gasteiger partial charge in [-0.05, 0) is 31.4 Å². The summed E-state index contributed by atoms with van der Waals surface area (Å²) in [7, 11) is 0. The molecular formula is C13H17N3O3. The number of hydrogen-bond acceptors (Lipinski definition) is 4. The number of aromatic carboxylic acids is 1. The quantitative estimate of drug-likeness (QED) is 0.760. The summed E-state index contributed by atoms with van der Waals surface area (Å²) >= 11 is 0. The fraction of sp³-hybridized carbons (Fsp3) is 0.462. The van der Waals surface area contributed by atoms with E-state index in [1.165, 1.54) is 18.3 Å². The van der Waals surface area contributed by atoms with E-state index in [1.54, 1.807) is 0 Å². The van der Waals surface area contributed by atoms with Gasteiger partial charge in [0.2, 0.25) is 5.91 Å². The molecule has 0 aliphatic heterocycles. The Morgan fingerprint density at radius 1 is 1.37 bits per heavy atom. The van der Waals surface area contributed by atoms with Crippen LogP contribution in [-0.2, 0) is 4.79 Å². The first-order valence-corrected chi connectivity index (χ1v) is 6.32. The van der Waals surface area contributed by atoms with Crippen LogP contribution in [0.25, 0.3) is 0 Å². The monoisotopic (exact) mass is 263 g/mol. The Morgan fingerprint density at radius 2 is 2.16 bits per heavy atom. The van der Waals surface area contributed by atoms with Gasteiger partial charge in [0, 0.05) is 12.0 Å².